The third-order valence-electron chi connectivity index (χ3n) is 7.03. The topological polar surface area (TPSA) is 156 Å². The third kappa shape index (κ3) is 4.06. The number of amides is 1. The zero-order valence-electron chi connectivity index (χ0n) is 20.9. The van der Waals surface area contributed by atoms with Crippen LogP contribution in [-0.4, -0.2) is 89.7 Å². The molecule has 0 bridgehead atoms. The summed E-state index contributed by atoms with van der Waals surface area (Å²) in [4.78, 5) is 25.3. The molecule has 38 heavy (non-hydrogen) atoms. The Bertz CT molecular complexity index is 1570. The molecular weight excluding hydrogens is 488 g/mol. The molecule has 13 nitrogen and oxygen atoms in total. The van der Waals surface area contributed by atoms with E-state index in [1.54, 1.807) is 29.3 Å². The highest BCUT2D eigenvalue weighted by Gasteiger charge is 2.40. The first-order chi connectivity index (χ1) is 18.4. The zero-order chi connectivity index (χ0) is 26.3. The first-order valence-electron chi connectivity index (χ1n) is 12.4. The van der Waals surface area contributed by atoms with Gasteiger partial charge >= 0.3 is 0 Å². The van der Waals surface area contributed by atoms with Crippen LogP contribution in [-0.2, 0) is 10.3 Å². The number of fused-ring (bicyclic) bond motifs is 3. The number of furan rings is 1. The number of nitrogens with two attached hydrogens (primary N) is 1. The fourth-order valence-corrected chi connectivity index (χ4v) is 4.82. The van der Waals surface area contributed by atoms with Gasteiger partial charge in [0.1, 0.15) is 0 Å². The molecule has 1 atom stereocenters. The summed E-state index contributed by atoms with van der Waals surface area (Å²) in [6.45, 7) is 5.58. The zero-order valence-corrected chi connectivity index (χ0v) is 20.9. The summed E-state index contributed by atoms with van der Waals surface area (Å²) in [5.41, 5.74) is 6.69. The van der Waals surface area contributed by atoms with Crippen molar-refractivity contribution in [1.82, 2.24) is 44.6 Å². The molecular formula is C25H28N10O3. The fourth-order valence-electron chi connectivity index (χ4n) is 4.82. The number of nitrogens with zero attached hydrogens (tertiary/aromatic N) is 8. The van der Waals surface area contributed by atoms with Gasteiger partial charge in [-0.15, -0.1) is 5.10 Å². The number of benzene rings is 1. The SMILES string of the molecule is C[C@](C(=O)NCCN1CCN(O)CC1)(c1ccccc1)n1ncc2c1nc(N)n1nc(-c3ccco3)nc21. The second kappa shape index (κ2) is 9.52. The first-order valence-corrected chi connectivity index (χ1v) is 12.4. The van der Waals surface area contributed by atoms with Crippen molar-refractivity contribution in [2.24, 2.45) is 0 Å². The molecule has 0 aliphatic carbocycles. The second-order valence-corrected chi connectivity index (χ2v) is 9.40. The molecule has 1 fully saturated rings. The van der Waals surface area contributed by atoms with E-state index in [4.69, 9.17) is 10.2 Å². The van der Waals surface area contributed by atoms with E-state index in [9.17, 15) is 10.0 Å². The van der Waals surface area contributed by atoms with E-state index in [2.05, 4.69) is 30.4 Å². The Labute approximate surface area is 217 Å². The predicted molar refractivity (Wildman–Crippen MR) is 138 cm³/mol. The monoisotopic (exact) mass is 516 g/mol. The molecule has 6 rings (SSSR count). The van der Waals surface area contributed by atoms with Gasteiger partial charge in [-0.1, -0.05) is 30.3 Å². The first kappa shape index (κ1) is 24.0. The van der Waals surface area contributed by atoms with Crippen molar-refractivity contribution in [3.05, 3.63) is 60.5 Å². The quantitative estimate of drug-likeness (QED) is 0.287. The third-order valence-corrected chi connectivity index (χ3v) is 7.03. The van der Waals surface area contributed by atoms with E-state index in [-0.39, 0.29) is 11.9 Å². The van der Waals surface area contributed by atoms with Crippen molar-refractivity contribution in [3.8, 4) is 11.6 Å². The van der Waals surface area contributed by atoms with Crippen molar-refractivity contribution in [2.45, 2.75) is 12.5 Å². The highest BCUT2D eigenvalue weighted by atomic mass is 16.5. The molecule has 1 aromatic carbocycles. The lowest BCUT2D eigenvalue weighted by molar-refractivity contribution is -0.128. The number of nitrogens with one attached hydrogen (secondary N) is 1. The van der Waals surface area contributed by atoms with Crippen LogP contribution in [0.25, 0.3) is 28.3 Å². The Kier molecular flexibility index (Phi) is 6.02. The van der Waals surface area contributed by atoms with Crippen LogP contribution in [0.3, 0.4) is 0 Å². The smallest absolute Gasteiger partial charge is 0.252 e. The Morgan fingerprint density at radius 1 is 1.11 bits per heavy atom. The highest BCUT2D eigenvalue weighted by molar-refractivity contribution is 5.94. The summed E-state index contributed by atoms with van der Waals surface area (Å²) in [5.74, 6) is 0.753. The fraction of sp³-hybridized carbons (Fsp3) is 0.320. The molecule has 0 spiro atoms. The maximum Gasteiger partial charge on any atom is 0.252 e. The number of carbonyl (C=O) groups is 1. The van der Waals surface area contributed by atoms with E-state index in [1.807, 2.05) is 37.3 Å². The van der Waals surface area contributed by atoms with E-state index in [0.29, 0.717) is 54.4 Å². The number of nitrogen functional groups attached to an aromatic ring is 1. The molecule has 1 aliphatic heterocycles. The molecule has 1 aliphatic rings. The minimum Gasteiger partial charge on any atom is -0.461 e. The average Bonchev–Trinajstić information content (AvgIpc) is 3.69. The number of anilines is 1. The van der Waals surface area contributed by atoms with Gasteiger partial charge in [0, 0.05) is 39.3 Å². The molecule has 196 valence electrons. The molecule has 0 radical (unpaired) electrons. The van der Waals surface area contributed by atoms with Gasteiger partial charge in [-0.05, 0) is 24.6 Å². The second-order valence-electron chi connectivity index (χ2n) is 9.40. The number of rotatable bonds is 7. The van der Waals surface area contributed by atoms with Gasteiger partial charge in [-0.25, -0.2) is 9.67 Å². The Hall–Kier alpha value is -4.33. The summed E-state index contributed by atoms with van der Waals surface area (Å²) < 4.78 is 8.48. The van der Waals surface area contributed by atoms with Crippen LogP contribution in [0.5, 0.6) is 0 Å². The molecule has 13 heteroatoms. The highest BCUT2D eigenvalue weighted by Crippen LogP contribution is 2.31. The maximum atomic E-state index is 13.9. The van der Waals surface area contributed by atoms with Crippen molar-refractivity contribution in [3.63, 3.8) is 0 Å². The summed E-state index contributed by atoms with van der Waals surface area (Å²) in [6.07, 6.45) is 3.17. The minimum absolute atomic E-state index is 0.110. The Morgan fingerprint density at radius 2 is 1.89 bits per heavy atom. The molecule has 1 amide bonds. The van der Waals surface area contributed by atoms with Gasteiger partial charge in [0.15, 0.2) is 22.6 Å². The average molecular weight is 517 g/mol. The molecule has 0 saturated carbocycles. The Morgan fingerprint density at radius 3 is 2.63 bits per heavy atom. The number of hydroxylamine groups is 2. The van der Waals surface area contributed by atoms with Crippen LogP contribution in [0.15, 0.2) is 59.3 Å². The lowest BCUT2D eigenvalue weighted by Crippen LogP contribution is -2.51. The number of hydrogen-bond acceptors (Lipinski definition) is 10. The van der Waals surface area contributed by atoms with E-state index in [0.717, 1.165) is 18.7 Å². The van der Waals surface area contributed by atoms with Crippen LogP contribution < -0.4 is 11.1 Å². The summed E-state index contributed by atoms with van der Waals surface area (Å²) in [6, 6.07) is 13.0. The van der Waals surface area contributed by atoms with Crippen LogP contribution in [0.2, 0.25) is 0 Å². The van der Waals surface area contributed by atoms with Crippen molar-refractivity contribution < 1.29 is 14.4 Å². The van der Waals surface area contributed by atoms with Gasteiger partial charge in [-0.2, -0.15) is 19.7 Å². The molecule has 5 aromatic rings. The molecule has 1 saturated heterocycles. The Balaban J connectivity index is 1.37. The maximum absolute atomic E-state index is 13.9. The van der Waals surface area contributed by atoms with Crippen LogP contribution in [0.4, 0.5) is 5.95 Å². The van der Waals surface area contributed by atoms with Crippen LogP contribution in [0.1, 0.15) is 12.5 Å². The van der Waals surface area contributed by atoms with Crippen LogP contribution in [0, 0.1) is 0 Å². The standard InChI is InChI=1S/C25H28N10O3/c1-25(17-6-3-2-4-7-17,23(36)27-9-10-32-11-13-33(37)14-12-32)35-22-18(16-28-35)21-29-20(19-8-5-15-38-19)31-34(21)24(26)30-22/h2-8,15-16,37H,9-14H2,1H3,(H2,26,30)(H,27,36)/t25-/m1/s1. The van der Waals surface area contributed by atoms with E-state index >= 15 is 0 Å². The van der Waals surface area contributed by atoms with Gasteiger partial charge in [0.25, 0.3) is 5.91 Å². The normalized spacial score (nSPS) is 16.7. The van der Waals surface area contributed by atoms with Gasteiger partial charge in [0.2, 0.25) is 11.8 Å². The molecule has 5 heterocycles. The summed E-state index contributed by atoms with van der Waals surface area (Å²) >= 11 is 0. The number of piperazine rings is 1. The predicted octanol–water partition coefficient (Wildman–Crippen LogP) is 1.20. The minimum atomic E-state index is -1.23. The van der Waals surface area contributed by atoms with E-state index in [1.165, 1.54) is 9.58 Å². The number of carbonyl (C=O) groups excluding carboxylic acids is 1. The molecule has 4 aromatic heterocycles. The lowest BCUT2D eigenvalue weighted by Gasteiger charge is -2.32. The molecule has 4 N–H and O–H groups in total. The van der Waals surface area contributed by atoms with Crippen LogP contribution >= 0.6 is 0 Å². The van der Waals surface area contributed by atoms with Gasteiger partial charge < -0.3 is 20.7 Å². The number of aromatic nitrogens is 6. The largest absolute Gasteiger partial charge is 0.461 e. The van der Waals surface area contributed by atoms with Gasteiger partial charge in [-0.3, -0.25) is 9.69 Å². The lowest BCUT2D eigenvalue weighted by atomic mass is 9.91. The van der Waals surface area contributed by atoms with Crippen molar-refractivity contribution in [2.75, 3.05) is 45.0 Å². The summed E-state index contributed by atoms with van der Waals surface area (Å²) in [7, 11) is 0. The van der Waals surface area contributed by atoms with Gasteiger partial charge in [0.05, 0.1) is 17.8 Å². The van der Waals surface area contributed by atoms with E-state index < -0.39 is 5.54 Å². The number of hydrogen-bond donors (Lipinski definition) is 3. The molecule has 0 unspecified atom stereocenters. The van der Waals surface area contributed by atoms with Crippen molar-refractivity contribution in [1.29, 1.82) is 0 Å². The van der Waals surface area contributed by atoms with Crippen molar-refractivity contribution >= 4 is 28.5 Å². The summed E-state index contributed by atoms with van der Waals surface area (Å²) in [5, 5.41) is 23.7.